The number of rotatable bonds is 5. The van der Waals surface area contributed by atoms with Crippen molar-refractivity contribution in [1.29, 1.82) is 0 Å². The average Bonchev–Trinajstić information content (AvgIpc) is 3.71. The van der Waals surface area contributed by atoms with E-state index in [-0.39, 0.29) is 0 Å². The van der Waals surface area contributed by atoms with Gasteiger partial charge in [-0.25, -0.2) is 9.97 Å². The van der Waals surface area contributed by atoms with Crippen LogP contribution in [-0.4, -0.2) is 24.1 Å². The summed E-state index contributed by atoms with van der Waals surface area (Å²) < 4.78 is 4.66. The minimum absolute atomic E-state index is 0.696. The van der Waals surface area contributed by atoms with E-state index in [9.17, 15) is 0 Å². The lowest BCUT2D eigenvalue weighted by Gasteiger charge is -2.16. The van der Waals surface area contributed by atoms with Crippen LogP contribution in [0.1, 0.15) is 0 Å². The molecule has 0 aliphatic rings. The van der Waals surface area contributed by atoms with Gasteiger partial charge in [-0.3, -0.25) is 4.98 Å². The van der Waals surface area contributed by atoms with Crippen LogP contribution in [0.4, 0.5) is 0 Å². The van der Waals surface area contributed by atoms with Crippen molar-refractivity contribution in [1.82, 2.24) is 24.1 Å². The van der Waals surface area contributed by atoms with Crippen LogP contribution in [0, 0.1) is 0 Å². The van der Waals surface area contributed by atoms with E-state index in [1.54, 1.807) is 0 Å². The van der Waals surface area contributed by atoms with E-state index in [4.69, 9.17) is 15.0 Å². The molecule has 0 aliphatic heterocycles. The molecule has 5 heteroatoms. The molecule has 234 valence electrons. The smallest absolute Gasteiger partial charge is 0.159 e. The zero-order chi connectivity index (χ0) is 33.0. The topological polar surface area (TPSA) is 48.5 Å². The molecule has 0 bridgehead atoms. The zero-order valence-electron chi connectivity index (χ0n) is 27.0. The van der Waals surface area contributed by atoms with Gasteiger partial charge in [0.05, 0.1) is 45.2 Å². The molecular weight excluding hydrogens is 611 g/mol. The molecule has 10 aromatic rings. The van der Waals surface area contributed by atoms with Crippen LogP contribution < -0.4 is 0 Å². The van der Waals surface area contributed by atoms with Gasteiger partial charge >= 0.3 is 0 Å². The lowest BCUT2D eigenvalue weighted by molar-refractivity contribution is 1.09. The zero-order valence-corrected chi connectivity index (χ0v) is 27.0. The van der Waals surface area contributed by atoms with Crippen LogP contribution in [0.3, 0.4) is 0 Å². The van der Waals surface area contributed by atoms with E-state index < -0.39 is 0 Å². The Morgan fingerprint density at radius 2 is 1.12 bits per heavy atom. The first-order valence-electron chi connectivity index (χ1n) is 16.8. The fourth-order valence-corrected chi connectivity index (χ4v) is 7.43. The fraction of sp³-hybridized carbons (Fsp3) is 0. The quantitative estimate of drug-likeness (QED) is 0.188. The molecule has 0 N–H and O–H groups in total. The molecule has 0 saturated heterocycles. The van der Waals surface area contributed by atoms with E-state index in [0.717, 1.165) is 72.3 Å². The second-order valence-corrected chi connectivity index (χ2v) is 12.5. The van der Waals surface area contributed by atoms with E-state index in [2.05, 4.69) is 143 Å². The number of benzene rings is 6. The number of hydrogen-bond acceptors (Lipinski definition) is 3. The number of aromatic nitrogens is 5. The van der Waals surface area contributed by atoms with Crippen LogP contribution in [0.15, 0.2) is 176 Å². The lowest BCUT2D eigenvalue weighted by atomic mass is 10.00. The Balaban J connectivity index is 1.27. The van der Waals surface area contributed by atoms with Crippen molar-refractivity contribution in [2.75, 3.05) is 0 Å². The molecule has 0 fully saturated rings. The van der Waals surface area contributed by atoms with Gasteiger partial charge in [-0.15, -0.1) is 0 Å². The largest absolute Gasteiger partial charge is 0.308 e. The van der Waals surface area contributed by atoms with Crippen LogP contribution in [0.2, 0.25) is 0 Å². The summed E-state index contributed by atoms with van der Waals surface area (Å²) in [6.07, 6.45) is 3.87. The van der Waals surface area contributed by atoms with E-state index in [0.29, 0.717) is 5.82 Å². The van der Waals surface area contributed by atoms with Crippen LogP contribution in [0.5, 0.6) is 0 Å². The Kier molecular flexibility index (Phi) is 6.42. The first kappa shape index (κ1) is 28.2. The highest BCUT2D eigenvalue weighted by atomic mass is 15.0. The second-order valence-electron chi connectivity index (χ2n) is 12.5. The van der Waals surface area contributed by atoms with Gasteiger partial charge in [0.25, 0.3) is 0 Å². The Morgan fingerprint density at radius 3 is 1.94 bits per heavy atom. The first-order valence-corrected chi connectivity index (χ1v) is 16.8. The molecule has 0 spiro atoms. The molecule has 4 heterocycles. The average molecular weight is 640 g/mol. The van der Waals surface area contributed by atoms with Gasteiger partial charge in [-0.1, -0.05) is 121 Å². The predicted molar refractivity (Wildman–Crippen MR) is 205 cm³/mol. The van der Waals surface area contributed by atoms with Gasteiger partial charge in [0.2, 0.25) is 0 Å². The van der Waals surface area contributed by atoms with Crippen molar-refractivity contribution in [2.24, 2.45) is 0 Å². The Bertz CT molecular complexity index is 2850. The summed E-state index contributed by atoms with van der Waals surface area (Å²) in [5.74, 6) is 0.696. The molecule has 5 nitrogen and oxygen atoms in total. The summed E-state index contributed by atoms with van der Waals surface area (Å²) in [4.78, 5) is 15.1. The van der Waals surface area contributed by atoms with E-state index >= 15 is 0 Å². The normalized spacial score (nSPS) is 11.6. The Hall–Kier alpha value is -6.85. The van der Waals surface area contributed by atoms with E-state index in [1.165, 1.54) is 10.8 Å². The molecule has 4 aromatic heterocycles. The van der Waals surface area contributed by atoms with Gasteiger partial charge in [0.1, 0.15) is 0 Å². The summed E-state index contributed by atoms with van der Waals surface area (Å²) in [5, 5.41) is 3.47. The van der Waals surface area contributed by atoms with Crippen molar-refractivity contribution >= 4 is 43.7 Å². The maximum Gasteiger partial charge on any atom is 0.159 e. The maximum atomic E-state index is 5.25. The van der Waals surface area contributed by atoms with Gasteiger partial charge in [-0.05, 0) is 48.0 Å². The van der Waals surface area contributed by atoms with Crippen molar-refractivity contribution in [3.8, 4) is 45.1 Å². The van der Waals surface area contributed by atoms with Gasteiger partial charge in [0, 0.05) is 44.7 Å². The first-order chi connectivity index (χ1) is 24.8. The van der Waals surface area contributed by atoms with Gasteiger partial charge in [-0.2, -0.15) is 0 Å². The molecule has 10 rings (SSSR count). The highest BCUT2D eigenvalue weighted by Crippen LogP contribution is 2.42. The van der Waals surface area contributed by atoms with Crippen LogP contribution in [0.25, 0.3) is 88.9 Å². The second kappa shape index (κ2) is 11.4. The molecule has 0 amide bonds. The molecular formula is C45H29N5. The third-order valence-electron chi connectivity index (χ3n) is 9.63. The number of fused-ring (bicyclic) bond motifs is 6. The Labute approximate surface area is 288 Å². The molecule has 0 unspecified atom stereocenters. The highest BCUT2D eigenvalue weighted by molar-refractivity contribution is 6.15. The SMILES string of the molecule is c1ccc(-c2ncc(-n3c4ccccc4c4cccc(-c5ccc6c(c5)c5ncccc5n6-c5ccccc5)c43)c(-c3ccccc3)n2)cc1. The number of para-hydroxylation sites is 3. The molecule has 0 atom stereocenters. The van der Waals surface area contributed by atoms with Crippen molar-refractivity contribution in [3.63, 3.8) is 0 Å². The van der Waals surface area contributed by atoms with Gasteiger partial charge < -0.3 is 9.13 Å². The Morgan fingerprint density at radius 1 is 0.440 bits per heavy atom. The molecule has 6 aromatic carbocycles. The minimum Gasteiger partial charge on any atom is -0.308 e. The summed E-state index contributed by atoms with van der Waals surface area (Å²) in [6, 6.07) is 57.3. The molecule has 0 aliphatic carbocycles. The van der Waals surface area contributed by atoms with Gasteiger partial charge in [0.15, 0.2) is 5.82 Å². The predicted octanol–water partition coefficient (Wildman–Crippen LogP) is 11.1. The maximum absolute atomic E-state index is 5.25. The minimum atomic E-state index is 0.696. The fourth-order valence-electron chi connectivity index (χ4n) is 7.43. The number of nitrogens with zero attached hydrogens (tertiary/aromatic N) is 5. The standard InChI is InChI=1S/C45H29N5/c1-4-14-30(15-5-1)42-41(29-47-45(48-42)31-16-6-2-7-17-31)50-38-23-11-10-20-35(38)36-22-12-21-34(44(36)50)32-25-26-39-37(28-32)43-40(24-13-27-46-43)49(39)33-18-8-3-9-19-33/h1-29H. The van der Waals surface area contributed by atoms with Crippen molar-refractivity contribution in [3.05, 3.63) is 176 Å². The van der Waals surface area contributed by atoms with Crippen LogP contribution in [-0.2, 0) is 0 Å². The number of pyridine rings is 1. The third-order valence-corrected chi connectivity index (χ3v) is 9.63. The highest BCUT2D eigenvalue weighted by Gasteiger charge is 2.22. The molecule has 0 saturated carbocycles. The molecule has 0 radical (unpaired) electrons. The summed E-state index contributed by atoms with van der Waals surface area (Å²) in [5.41, 5.74) is 12.6. The monoisotopic (exact) mass is 639 g/mol. The number of hydrogen-bond donors (Lipinski definition) is 0. The summed E-state index contributed by atoms with van der Waals surface area (Å²) in [7, 11) is 0. The van der Waals surface area contributed by atoms with Crippen LogP contribution >= 0.6 is 0 Å². The van der Waals surface area contributed by atoms with Crippen molar-refractivity contribution in [2.45, 2.75) is 0 Å². The summed E-state index contributed by atoms with van der Waals surface area (Å²) in [6.45, 7) is 0. The molecule has 50 heavy (non-hydrogen) atoms. The van der Waals surface area contributed by atoms with Crippen molar-refractivity contribution < 1.29 is 0 Å². The lowest BCUT2D eigenvalue weighted by Crippen LogP contribution is -2.03. The third kappa shape index (κ3) is 4.37. The summed E-state index contributed by atoms with van der Waals surface area (Å²) >= 11 is 0. The van der Waals surface area contributed by atoms with E-state index in [1.807, 2.05) is 42.7 Å².